The smallest absolute Gasteiger partial charge is 0.103 e. The molecule has 0 bridgehead atoms. The van der Waals surface area contributed by atoms with Gasteiger partial charge in [0.1, 0.15) is 5.54 Å². The van der Waals surface area contributed by atoms with Gasteiger partial charge >= 0.3 is 0 Å². The van der Waals surface area contributed by atoms with Crippen LogP contribution in [0.15, 0.2) is 0 Å². The number of unbranched alkanes of at least 4 members (excludes halogenated alkanes) is 1. The van der Waals surface area contributed by atoms with Crippen molar-refractivity contribution in [3.8, 4) is 6.07 Å². The second-order valence-electron chi connectivity index (χ2n) is 6.47. The van der Waals surface area contributed by atoms with E-state index >= 15 is 0 Å². The molecule has 0 spiro atoms. The first kappa shape index (κ1) is 17.4. The van der Waals surface area contributed by atoms with Crippen LogP contribution >= 0.6 is 0 Å². The highest BCUT2D eigenvalue weighted by Gasteiger charge is 2.23. The molecule has 1 rings (SSSR count). The lowest BCUT2D eigenvalue weighted by Crippen LogP contribution is -2.41. The quantitative estimate of drug-likeness (QED) is 0.657. The van der Waals surface area contributed by atoms with E-state index in [1.54, 1.807) is 0 Å². The van der Waals surface area contributed by atoms with E-state index in [9.17, 15) is 5.26 Å². The maximum Gasteiger partial charge on any atom is 0.103 e. The van der Waals surface area contributed by atoms with Crippen LogP contribution in [0.25, 0.3) is 0 Å². The highest BCUT2D eigenvalue weighted by Crippen LogP contribution is 2.16. The minimum atomic E-state index is -0.348. The predicted molar refractivity (Wildman–Crippen MR) is 84.7 cm³/mol. The molecule has 1 aliphatic rings. The summed E-state index contributed by atoms with van der Waals surface area (Å²) in [6.07, 6.45) is 5.91. The number of likely N-dealkylation sites (tertiary alicyclic amines) is 1. The molecule has 0 amide bonds. The maximum atomic E-state index is 9.22. The molecule has 0 aromatic carbocycles. The molecule has 1 aliphatic heterocycles. The van der Waals surface area contributed by atoms with E-state index in [1.165, 1.54) is 32.4 Å². The lowest BCUT2D eigenvalue weighted by Gasteiger charge is -2.26. The number of nitrogens with one attached hydrogen (secondary N) is 1. The summed E-state index contributed by atoms with van der Waals surface area (Å²) in [7, 11) is 4.46. The topological polar surface area (TPSA) is 42.3 Å². The van der Waals surface area contributed by atoms with E-state index in [0.717, 1.165) is 32.0 Å². The van der Waals surface area contributed by atoms with Crippen LogP contribution in [0, 0.1) is 11.3 Å². The molecule has 20 heavy (non-hydrogen) atoms. The molecule has 0 radical (unpaired) electrons. The standard InChI is InChI=1S/C16H32N4/c1-5-18-16(2,14-17)10-6-7-11-19(3)13-15-9-8-12-20(15)4/h15,18H,5-13H2,1-4H3. The minimum absolute atomic E-state index is 0.348. The molecule has 0 aromatic heterocycles. The van der Waals surface area contributed by atoms with Gasteiger partial charge in [0, 0.05) is 12.6 Å². The predicted octanol–water partition coefficient (Wildman–Crippen LogP) is 2.07. The van der Waals surface area contributed by atoms with E-state index in [1.807, 2.05) is 6.92 Å². The molecular weight excluding hydrogens is 248 g/mol. The fourth-order valence-corrected chi connectivity index (χ4v) is 3.10. The second kappa shape index (κ2) is 8.61. The zero-order valence-electron chi connectivity index (χ0n) is 13.8. The van der Waals surface area contributed by atoms with Crippen molar-refractivity contribution in [3.63, 3.8) is 0 Å². The third-order valence-corrected chi connectivity index (χ3v) is 4.47. The molecule has 1 fully saturated rings. The van der Waals surface area contributed by atoms with Gasteiger partial charge in [-0.05, 0) is 72.8 Å². The van der Waals surface area contributed by atoms with Crippen molar-refractivity contribution >= 4 is 0 Å². The van der Waals surface area contributed by atoms with E-state index in [4.69, 9.17) is 0 Å². The van der Waals surface area contributed by atoms with Crippen LogP contribution in [0.3, 0.4) is 0 Å². The Bertz CT molecular complexity index is 312. The first-order chi connectivity index (χ1) is 9.50. The zero-order valence-corrected chi connectivity index (χ0v) is 13.8. The summed E-state index contributed by atoms with van der Waals surface area (Å²) in [6.45, 7) is 8.49. The van der Waals surface area contributed by atoms with E-state index in [-0.39, 0.29) is 5.54 Å². The van der Waals surface area contributed by atoms with Gasteiger partial charge in [0.25, 0.3) is 0 Å². The molecule has 116 valence electrons. The van der Waals surface area contributed by atoms with Crippen molar-refractivity contribution in [1.82, 2.24) is 15.1 Å². The van der Waals surface area contributed by atoms with Gasteiger partial charge in [-0.25, -0.2) is 0 Å². The second-order valence-corrected chi connectivity index (χ2v) is 6.47. The maximum absolute atomic E-state index is 9.22. The third-order valence-electron chi connectivity index (χ3n) is 4.47. The molecule has 2 unspecified atom stereocenters. The summed E-state index contributed by atoms with van der Waals surface area (Å²) in [5.41, 5.74) is -0.348. The van der Waals surface area contributed by atoms with Gasteiger partial charge in [-0.15, -0.1) is 0 Å². The first-order valence-corrected chi connectivity index (χ1v) is 8.06. The summed E-state index contributed by atoms with van der Waals surface area (Å²) >= 11 is 0. The fourth-order valence-electron chi connectivity index (χ4n) is 3.10. The molecule has 1 saturated heterocycles. The highest BCUT2D eigenvalue weighted by molar-refractivity contribution is 5.03. The Hall–Kier alpha value is -0.630. The van der Waals surface area contributed by atoms with Crippen LogP contribution in [0.1, 0.15) is 46.0 Å². The van der Waals surface area contributed by atoms with Crippen LogP contribution in [-0.2, 0) is 0 Å². The summed E-state index contributed by atoms with van der Waals surface area (Å²) in [6, 6.07) is 3.14. The average Bonchev–Trinajstić information content (AvgIpc) is 2.81. The number of nitriles is 1. The minimum Gasteiger partial charge on any atom is -0.305 e. The third kappa shape index (κ3) is 5.78. The average molecular weight is 280 g/mol. The Labute approximate surface area is 125 Å². The number of likely N-dealkylation sites (N-methyl/N-ethyl adjacent to an activating group) is 2. The van der Waals surface area contributed by atoms with E-state index in [0.29, 0.717) is 0 Å². The van der Waals surface area contributed by atoms with Gasteiger partial charge < -0.3 is 9.80 Å². The molecule has 1 heterocycles. The molecule has 2 atom stereocenters. The molecule has 0 saturated carbocycles. The van der Waals surface area contributed by atoms with Crippen LogP contribution in [-0.4, -0.2) is 61.7 Å². The number of hydrogen-bond acceptors (Lipinski definition) is 4. The summed E-state index contributed by atoms with van der Waals surface area (Å²) in [4.78, 5) is 4.93. The lowest BCUT2D eigenvalue weighted by atomic mass is 9.96. The number of hydrogen-bond donors (Lipinski definition) is 1. The van der Waals surface area contributed by atoms with Crippen molar-refractivity contribution in [2.75, 3.05) is 40.3 Å². The van der Waals surface area contributed by atoms with Gasteiger partial charge in [-0.2, -0.15) is 5.26 Å². The van der Waals surface area contributed by atoms with Crippen molar-refractivity contribution in [3.05, 3.63) is 0 Å². The number of nitrogens with zero attached hydrogens (tertiary/aromatic N) is 3. The summed E-state index contributed by atoms with van der Waals surface area (Å²) in [5, 5.41) is 12.5. The fraction of sp³-hybridized carbons (Fsp3) is 0.938. The largest absolute Gasteiger partial charge is 0.305 e. The van der Waals surface area contributed by atoms with Crippen molar-refractivity contribution < 1.29 is 0 Å². The van der Waals surface area contributed by atoms with Gasteiger partial charge in [0.2, 0.25) is 0 Å². The van der Waals surface area contributed by atoms with E-state index in [2.05, 4.69) is 42.2 Å². The Morgan fingerprint density at radius 3 is 2.75 bits per heavy atom. The zero-order chi connectivity index (χ0) is 15.0. The normalized spacial score (nSPS) is 22.9. The first-order valence-electron chi connectivity index (χ1n) is 8.06. The van der Waals surface area contributed by atoms with Crippen LogP contribution in [0.5, 0.6) is 0 Å². The summed E-state index contributed by atoms with van der Waals surface area (Å²) in [5.74, 6) is 0. The summed E-state index contributed by atoms with van der Waals surface area (Å²) < 4.78 is 0. The van der Waals surface area contributed by atoms with Gasteiger partial charge in [0.05, 0.1) is 6.07 Å². The molecule has 4 nitrogen and oxygen atoms in total. The monoisotopic (exact) mass is 280 g/mol. The van der Waals surface area contributed by atoms with Crippen LogP contribution in [0.4, 0.5) is 0 Å². The van der Waals surface area contributed by atoms with Gasteiger partial charge in [-0.3, -0.25) is 5.32 Å². The Kier molecular flexibility index (Phi) is 7.50. The Morgan fingerprint density at radius 2 is 2.20 bits per heavy atom. The van der Waals surface area contributed by atoms with Crippen molar-refractivity contribution in [2.45, 2.75) is 57.5 Å². The lowest BCUT2D eigenvalue weighted by molar-refractivity contribution is 0.216. The van der Waals surface area contributed by atoms with Crippen LogP contribution in [0.2, 0.25) is 0 Å². The molecular formula is C16H32N4. The van der Waals surface area contributed by atoms with Gasteiger partial charge in [-0.1, -0.05) is 6.92 Å². The van der Waals surface area contributed by atoms with E-state index < -0.39 is 0 Å². The molecule has 0 aromatic rings. The van der Waals surface area contributed by atoms with Crippen molar-refractivity contribution in [2.24, 2.45) is 0 Å². The molecule has 1 N–H and O–H groups in total. The molecule has 0 aliphatic carbocycles. The Balaban J connectivity index is 2.15. The molecule has 4 heteroatoms. The van der Waals surface area contributed by atoms with Gasteiger partial charge in [0.15, 0.2) is 0 Å². The highest BCUT2D eigenvalue weighted by atomic mass is 15.2. The van der Waals surface area contributed by atoms with Crippen molar-refractivity contribution in [1.29, 1.82) is 5.26 Å². The SMILES string of the molecule is CCNC(C)(C#N)CCCCN(C)CC1CCCN1C. The number of rotatable bonds is 9. The Morgan fingerprint density at radius 1 is 1.45 bits per heavy atom. The van der Waals surface area contributed by atoms with Crippen LogP contribution < -0.4 is 5.32 Å².